The van der Waals surface area contributed by atoms with Gasteiger partial charge in [-0.05, 0) is 35.0 Å². The van der Waals surface area contributed by atoms with Crippen molar-refractivity contribution in [1.29, 1.82) is 0 Å². The van der Waals surface area contributed by atoms with Crippen LogP contribution in [-0.4, -0.2) is 24.4 Å². The molecule has 16 heavy (non-hydrogen) atoms. The van der Waals surface area contributed by atoms with Gasteiger partial charge in [-0.15, -0.1) is 11.8 Å². The summed E-state index contributed by atoms with van der Waals surface area (Å²) in [6.45, 7) is 2.22. The summed E-state index contributed by atoms with van der Waals surface area (Å²) in [4.78, 5) is 11.5. The number of thioether (sulfide) groups is 1. The van der Waals surface area contributed by atoms with E-state index in [1.807, 2.05) is 12.1 Å². The monoisotopic (exact) mass is 305 g/mol. The summed E-state index contributed by atoms with van der Waals surface area (Å²) in [5.41, 5.74) is 0. The van der Waals surface area contributed by atoms with Crippen molar-refractivity contribution in [2.45, 2.75) is 18.3 Å². The van der Waals surface area contributed by atoms with Crippen molar-refractivity contribution >= 4 is 33.7 Å². The summed E-state index contributed by atoms with van der Waals surface area (Å²) in [5.74, 6) is 1.34. The van der Waals surface area contributed by atoms with Gasteiger partial charge in [0.25, 0.3) is 0 Å². The number of furan rings is 1. The van der Waals surface area contributed by atoms with Crippen molar-refractivity contribution in [2.24, 2.45) is 0 Å². The van der Waals surface area contributed by atoms with Crippen LogP contribution in [0.3, 0.4) is 0 Å². The lowest BCUT2D eigenvalue weighted by molar-refractivity contribution is -0.144. The zero-order valence-electron chi connectivity index (χ0n) is 8.73. The van der Waals surface area contributed by atoms with Crippen molar-refractivity contribution in [3.05, 3.63) is 22.6 Å². The molecule has 0 spiro atoms. The molecule has 2 atom stereocenters. The number of carbonyl (C=O) groups excluding carboxylic acids is 1. The Morgan fingerprint density at radius 2 is 2.56 bits per heavy atom. The predicted molar refractivity (Wildman–Crippen MR) is 65.2 cm³/mol. The van der Waals surface area contributed by atoms with Crippen LogP contribution in [0.5, 0.6) is 0 Å². The van der Waals surface area contributed by atoms with E-state index < -0.39 is 0 Å². The minimum Gasteiger partial charge on any atom is -0.465 e. The molecule has 0 bridgehead atoms. The highest BCUT2D eigenvalue weighted by Crippen LogP contribution is 2.34. The van der Waals surface area contributed by atoms with Crippen LogP contribution in [-0.2, 0) is 9.53 Å². The first-order valence-electron chi connectivity index (χ1n) is 5.00. The third-order valence-electron chi connectivity index (χ3n) is 2.21. The van der Waals surface area contributed by atoms with Crippen molar-refractivity contribution in [2.75, 3.05) is 12.4 Å². The zero-order chi connectivity index (χ0) is 11.5. The normalized spacial score (nSPS) is 24.6. The fourth-order valence-corrected chi connectivity index (χ4v) is 2.97. The molecule has 1 aliphatic rings. The third kappa shape index (κ3) is 2.61. The molecule has 0 amide bonds. The first kappa shape index (κ1) is 12.0. The van der Waals surface area contributed by atoms with E-state index in [1.54, 1.807) is 18.7 Å². The molecule has 1 saturated heterocycles. The summed E-state index contributed by atoms with van der Waals surface area (Å²) < 4.78 is 11.1. The van der Waals surface area contributed by atoms with E-state index in [0.29, 0.717) is 17.0 Å². The molecule has 0 aromatic carbocycles. The Balaban J connectivity index is 1.95. The second-order valence-corrected chi connectivity index (χ2v) is 5.25. The summed E-state index contributed by atoms with van der Waals surface area (Å²) in [5, 5.41) is 3.21. The van der Waals surface area contributed by atoms with Crippen molar-refractivity contribution in [1.82, 2.24) is 5.32 Å². The van der Waals surface area contributed by atoms with Gasteiger partial charge in [0.05, 0.1) is 6.61 Å². The van der Waals surface area contributed by atoms with Gasteiger partial charge in [-0.3, -0.25) is 10.1 Å². The molecule has 1 N–H and O–H groups in total. The maximum Gasteiger partial charge on any atom is 0.324 e. The fraction of sp³-hybridized carbons (Fsp3) is 0.500. The van der Waals surface area contributed by atoms with Gasteiger partial charge in [0.1, 0.15) is 17.2 Å². The molecule has 2 heterocycles. The molecule has 0 unspecified atom stereocenters. The zero-order valence-corrected chi connectivity index (χ0v) is 11.1. The average molecular weight is 306 g/mol. The van der Waals surface area contributed by atoms with Crippen LogP contribution in [0.1, 0.15) is 18.1 Å². The van der Waals surface area contributed by atoms with E-state index in [9.17, 15) is 4.79 Å². The number of ether oxygens (including phenoxy) is 1. The lowest BCUT2D eigenvalue weighted by Gasteiger charge is -2.10. The van der Waals surface area contributed by atoms with Gasteiger partial charge in [0.15, 0.2) is 4.67 Å². The second kappa shape index (κ2) is 5.25. The van der Waals surface area contributed by atoms with Crippen LogP contribution < -0.4 is 5.32 Å². The Hall–Kier alpha value is -0.460. The maximum absolute atomic E-state index is 11.5. The largest absolute Gasteiger partial charge is 0.465 e. The lowest BCUT2D eigenvalue weighted by Crippen LogP contribution is -2.35. The Bertz CT molecular complexity index is 382. The van der Waals surface area contributed by atoms with Gasteiger partial charge in [-0.25, -0.2) is 0 Å². The molecule has 4 nitrogen and oxygen atoms in total. The molecule has 0 saturated carbocycles. The minimum absolute atomic E-state index is 0.0284. The summed E-state index contributed by atoms with van der Waals surface area (Å²) in [6.07, 6.45) is 0. The van der Waals surface area contributed by atoms with Crippen LogP contribution in [0.15, 0.2) is 21.2 Å². The number of carbonyl (C=O) groups is 1. The number of esters is 1. The fourth-order valence-electron chi connectivity index (χ4n) is 1.48. The average Bonchev–Trinajstić information content (AvgIpc) is 2.85. The van der Waals surface area contributed by atoms with E-state index in [4.69, 9.17) is 9.15 Å². The maximum atomic E-state index is 11.5. The summed E-state index contributed by atoms with van der Waals surface area (Å²) in [7, 11) is 0. The van der Waals surface area contributed by atoms with Crippen LogP contribution >= 0.6 is 27.7 Å². The summed E-state index contributed by atoms with van der Waals surface area (Å²) >= 11 is 4.90. The van der Waals surface area contributed by atoms with E-state index in [1.165, 1.54) is 0 Å². The molecular weight excluding hydrogens is 294 g/mol. The molecular formula is C10H12BrNO3S. The molecule has 1 fully saturated rings. The molecule has 1 aliphatic heterocycles. The van der Waals surface area contributed by atoms with Gasteiger partial charge in [0, 0.05) is 5.75 Å². The third-order valence-corrected chi connectivity index (χ3v) is 3.86. The molecule has 1 aromatic rings. The van der Waals surface area contributed by atoms with Crippen LogP contribution in [0, 0.1) is 0 Å². The van der Waals surface area contributed by atoms with Crippen molar-refractivity contribution in [3.8, 4) is 0 Å². The number of hydrogen-bond acceptors (Lipinski definition) is 5. The van der Waals surface area contributed by atoms with E-state index in [-0.39, 0.29) is 17.4 Å². The van der Waals surface area contributed by atoms with E-state index >= 15 is 0 Å². The van der Waals surface area contributed by atoms with Gasteiger partial charge in [-0.1, -0.05) is 0 Å². The highest BCUT2D eigenvalue weighted by atomic mass is 79.9. The Labute approximate surface area is 106 Å². The number of halogens is 1. The van der Waals surface area contributed by atoms with Gasteiger partial charge in [-0.2, -0.15) is 0 Å². The standard InChI is InChI=1S/C10H12BrNO3S/c1-2-14-10(13)6-5-16-9(12-6)7-3-4-8(11)15-7/h3-4,6,9,12H,2,5H2,1H3/t6-,9-/m1/s1. The van der Waals surface area contributed by atoms with Gasteiger partial charge < -0.3 is 9.15 Å². The predicted octanol–water partition coefficient (Wildman–Crippen LogP) is 2.31. The second-order valence-electron chi connectivity index (χ2n) is 3.33. The first-order chi connectivity index (χ1) is 7.70. The molecule has 1 aromatic heterocycles. The van der Waals surface area contributed by atoms with E-state index in [2.05, 4.69) is 21.2 Å². The highest BCUT2D eigenvalue weighted by Gasteiger charge is 2.32. The Morgan fingerprint density at radius 1 is 1.75 bits per heavy atom. The number of rotatable bonds is 3. The summed E-state index contributed by atoms with van der Waals surface area (Å²) in [6, 6.07) is 3.50. The smallest absolute Gasteiger partial charge is 0.324 e. The topological polar surface area (TPSA) is 51.5 Å². The molecule has 88 valence electrons. The quantitative estimate of drug-likeness (QED) is 0.869. The van der Waals surface area contributed by atoms with Gasteiger partial charge >= 0.3 is 5.97 Å². The van der Waals surface area contributed by atoms with Gasteiger partial charge in [0.2, 0.25) is 0 Å². The van der Waals surface area contributed by atoms with Crippen molar-refractivity contribution in [3.63, 3.8) is 0 Å². The van der Waals surface area contributed by atoms with Crippen LogP contribution in [0.4, 0.5) is 0 Å². The van der Waals surface area contributed by atoms with Crippen molar-refractivity contribution < 1.29 is 13.9 Å². The molecule has 0 aliphatic carbocycles. The Morgan fingerprint density at radius 3 is 3.19 bits per heavy atom. The molecule has 2 rings (SSSR count). The minimum atomic E-state index is -0.237. The van der Waals surface area contributed by atoms with E-state index in [0.717, 1.165) is 5.76 Å². The molecule has 0 radical (unpaired) electrons. The van der Waals surface area contributed by atoms with Crippen LogP contribution in [0.25, 0.3) is 0 Å². The number of nitrogens with one attached hydrogen (secondary N) is 1. The first-order valence-corrected chi connectivity index (χ1v) is 6.84. The van der Waals surface area contributed by atoms with Crippen LogP contribution in [0.2, 0.25) is 0 Å². The Kier molecular flexibility index (Phi) is 3.94. The lowest BCUT2D eigenvalue weighted by atomic mass is 10.3. The molecule has 6 heteroatoms. The number of hydrogen-bond donors (Lipinski definition) is 1. The SMILES string of the molecule is CCOC(=O)[C@H]1CS[C@H](c2ccc(Br)o2)N1. The highest BCUT2D eigenvalue weighted by molar-refractivity contribution is 9.10.